The minimum absolute atomic E-state index is 0.256. The van der Waals surface area contributed by atoms with Gasteiger partial charge in [-0.05, 0) is 12.1 Å². The summed E-state index contributed by atoms with van der Waals surface area (Å²) in [6.07, 6.45) is -4.05. The van der Waals surface area contributed by atoms with Gasteiger partial charge in [-0.3, -0.25) is 4.79 Å². The normalized spacial score (nSPS) is 29.1. The van der Waals surface area contributed by atoms with Gasteiger partial charge in [0.15, 0.2) is 0 Å². The van der Waals surface area contributed by atoms with E-state index in [-0.39, 0.29) is 5.56 Å². The Hall–Kier alpha value is -1.58. The van der Waals surface area contributed by atoms with Gasteiger partial charge in [0, 0.05) is 17.0 Å². The van der Waals surface area contributed by atoms with Crippen molar-refractivity contribution in [2.45, 2.75) is 24.4 Å². The molecule has 1 aliphatic heterocycles. The number of hydrogen-bond donors (Lipinski definition) is 5. The average molecular weight is 310 g/mol. The molecule has 112 valence electrons. The highest BCUT2D eigenvalue weighted by Crippen LogP contribution is 2.34. The third-order valence-electron chi connectivity index (χ3n) is 3.61. The van der Waals surface area contributed by atoms with Crippen molar-refractivity contribution in [2.24, 2.45) is 0 Å². The Labute approximate surface area is 123 Å². The zero-order chi connectivity index (χ0) is 15.1. The Bertz CT molecular complexity index is 786. The summed E-state index contributed by atoms with van der Waals surface area (Å²) in [4.78, 5) is 16.8. The number of hydrogen-bond acceptors (Lipinski definition) is 6. The number of nitrogens with one attached hydrogen (secondary N) is 2. The summed E-state index contributed by atoms with van der Waals surface area (Å²) in [6.45, 7) is -0.397. The highest BCUT2D eigenvalue weighted by Gasteiger charge is 2.43. The SMILES string of the molecule is O=c1ccc2cc([C@@H]3O[C@H](CO)C(O)[C@@H]3O)c(=S)[nH]c2[nH]1. The second-order valence-electron chi connectivity index (χ2n) is 4.97. The summed E-state index contributed by atoms with van der Waals surface area (Å²) in [5.74, 6) is 0. The average Bonchev–Trinajstić information content (AvgIpc) is 2.74. The van der Waals surface area contributed by atoms with E-state index in [2.05, 4.69) is 9.97 Å². The number of H-pyrrole nitrogens is 2. The van der Waals surface area contributed by atoms with Crippen LogP contribution in [0.15, 0.2) is 23.0 Å². The fourth-order valence-electron chi connectivity index (χ4n) is 2.50. The molecule has 0 saturated carbocycles. The van der Waals surface area contributed by atoms with Crippen LogP contribution in [-0.2, 0) is 4.74 Å². The molecule has 1 fully saturated rings. The minimum atomic E-state index is -1.18. The first kappa shape index (κ1) is 14.4. The Balaban J connectivity index is 2.09. The van der Waals surface area contributed by atoms with Crippen LogP contribution in [-0.4, -0.2) is 50.2 Å². The van der Waals surface area contributed by atoms with Gasteiger partial charge in [0.1, 0.15) is 34.7 Å². The number of fused-ring (bicyclic) bond motifs is 1. The van der Waals surface area contributed by atoms with Gasteiger partial charge in [-0.1, -0.05) is 12.2 Å². The minimum Gasteiger partial charge on any atom is -0.394 e. The van der Waals surface area contributed by atoms with Crippen LogP contribution in [0.1, 0.15) is 11.7 Å². The first-order chi connectivity index (χ1) is 10.0. The van der Waals surface area contributed by atoms with Gasteiger partial charge in [0.05, 0.1) is 6.61 Å². The zero-order valence-corrected chi connectivity index (χ0v) is 11.6. The molecule has 21 heavy (non-hydrogen) atoms. The first-order valence-corrected chi connectivity index (χ1v) is 6.81. The van der Waals surface area contributed by atoms with E-state index in [9.17, 15) is 15.0 Å². The lowest BCUT2D eigenvalue weighted by molar-refractivity contribution is -0.0229. The Morgan fingerprint density at radius 1 is 1.24 bits per heavy atom. The van der Waals surface area contributed by atoms with Crippen molar-refractivity contribution in [3.05, 3.63) is 38.8 Å². The molecule has 0 spiro atoms. The predicted molar refractivity (Wildman–Crippen MR) is 76.5 cm³/mol. The second-order valence-corrected chi connectivity index (χ2v) is 5.37. The summed E-state index contributed by atoms with van der Waals surface area (Å²) in [5, 5.41) is 29.7. The van der Waals surface area contributed by atoms with Crippen molar-refractivity contribution < 1.29 is 20.1 Å². The van der Waals surface area contributed by atoms with Crippen LogP contribution in [0, 0.1) is 4.64 Å². The standard InChI is InChI=1S/C13H14N2O5S/c16-4-7-9(18)10(19)11(20-7)6-3-5-1-2-8(17)14-12(5)15-13(6)21/h1-3,7,9-11,16,18-19H,4H2,(H2,14,15,17,21)/t7-,9?,10+,11+/m1/s1. The van der Waals surface area contributed by atoms with Gasteiger partial charge in [0.2, 0.25) is 5.56 Å². The van der Waals surface area contributed by atoms with E-state index in [1.54, 1.807) is 12.1 Å². The largest absolute Gasteiger partial charge is 0.394 e. The molecule has 3 rings (SSSR count). The quantitative estimate of drug-likeness (QED) is 0.488. The van der Waals surface area contributed by atoms with Gasteiger partial charge in [0.25, 0.3) is 0 Å². The lowest BCUT2D eigenvalue weighted by Gasteiger charge is -2.15. The van der Waals surface area contributed by atoms with Crippen molar-refractivity contribution in [3.63, 3.8) is 0 Å². The van der Waals surface area contributed by atoms with E-state index in [1.165, 1.54) is 6.07 Å². The molecule has 0 radical (unpaired) electrons. The number of aromatic nitrogens is 2. The summed E-state index contributed by atoms with van der Waals surface area (Å²) in [7, 11) is 0. The molecule has 0 aliphatic carbocycles. The van der Waals surface area contributed by atoms with E-state index >= 15 is 0 Å². The molecule has 8 heteroatoms. The van der Waals surface area contributed by atoms with Crippen molar-refractivity contribution in [3.8, 4) is 0 Å². The molecule has 1 unspecified atom stereocenters. The van der Waals surface area contributed by atoms with Crippen LogP contribution in [0.2, 0.25) is 0 Å². The Morgan fingerprint density at radius 2 is 2.00 bits per heavy atom. The van der Waals surface area contributed by atoms with Crippen LogP contribution in [0.3, 0.4) is 0 Å². The molecule has 0 bridgehead atoms. The lowest BCUT2D eigenvalue weighted by Crippen LogP contribution is -2.32. The first-order valence-electron chi connectivity index (χ1n) is 6.40. The fourth-order valence-corrected chi connectivity index (χ4v) is 2.77. The smallest absolute Gasteiger partial charge is 0.249 e. The summed E-state index contributed by atoms with van der Waals surface area (Å²) in [5.41, 5.74) is 0.712. The van der Waals surface area contributed by atoms with Crippen molar-refractivity contribution in [1.29, 1.82) is 0 Å². The zero-order valence-electron chi connectivity index (χ0n) is 10.8. The van der Waals surface area contributed by atoms with Crippen LogP contribution in [0.4, 0.5) is 0 Å². The maximum atomic E-state index is 11.3. The maximum absolute atomic E-state index is 11.3. The number of ether oxygens (including phenoxy) is 1. The van der Waals surface area contributed by atoms with Gasteiger partial charge >= 0.3 is 0 Å². The van der Waals surface area contributed by atoms with Crippen LogP contribution in [0.25, 0.3) is 11.0 Å². The van der Waals surface area contributed by atoms with Crippen LogP contribution in [0.5, 0.6) is 0 Å². The molecule has 2 aromatic heterocycles. The molecule has 7 nitrogen and oxygen atoms in total. The van der Waals surface area contributed by atoms with Crippen LogP contribution >= 0.6 is 12.2 Å². The highest BCUT2D eigenvalue weighted by atomic mass is 32.1. The number of pyridine rings is 2. The fraction of sp³-hybridized carbons (Fsp3) is 0.385. The molecule has 1 aliphatic rings. The molecule has 0 amide bonds. The molecule has 3 heterocycles. The van der Waals surface area contributed by atoms with E-state index in [1.807, 2.05) is 0 Å². The Morgan fingerprint density at radius 3 is 2.67 bits per heavy atom. The van der Waals surface area contributed by atoms with Crippen molar-refractivity contribution in [1.82, 2.24) is 9.97 Å². The third kappa shape index (κ3) is 2.41. The highest BCUT2D eigenvalue weighted by molar-refractivity contribution is 7.71. The van der Waals surface area contributed by atoms with Crippen molar-refractivity contribution >= 4 is 23.3 Å². The molecular formula is C13H14N2O5S. The Kier molecular flexibility index (Phi) is 3.64. The molecule has 5 N–H and O–H groups in total. The number of aliphatic hydroxyl groups is 3. The molecule has 1 saturated heterocycles. The molecular weight excluding hydrogens is 296 g/mol. The molecule has 0 aromatic carbocycles. The number of aliphatic hydroxyl groups excluding tert-OH is 3. The van der Waals surface area contributed by atoms with E-state index in [4.69, 9.17) is 22.1 Å². The summed E-state index contributed by atoms with van der Waals surface area (Å²) < 4.78 is 5.76. The summed E-state index contributed by atoms with van der Waals surface area (Å²) in [6, 6.07) is 4.68. The van der Waals surface area contributed by atoms with Gasteiger partial charge in [-0.15, -0.1) is 0 Å². The molecule has 4 atom stereocenters. The summed E-state index contributed by atoms with van der Waals surface area (Å²) >= 11 is 5.21. The second kappa shape index (κ2) is 5.32. The van der Waals surface area contributed by atoms with Gasteiger partial charge in [-0.2, -0.15) is 0 Å². The number of rotatable bonds is 2. The van der Waals surface area contributed by atoms with Gasteiger partial charge in [-0.25, -0.2) is 0 Å². The maximum Gasteiger partial charge on any atom is 0.249 e. The monoisotopic (exact) mass is 310 g/mol. The number of aromatic amines is 2. The van der Waals surface area contributed by atoms with Gasteiger partial charge < -0.3 is 30.0 Å². The predicted octanol–water partition coefficient (Wildman–Crippen LogP) is -0.260. The topological polar surface area (TPSA) is 119 Å². The van der Waals surface area contributed by atoms with E-state index < -0.39 is 31.0 Å². The lowest BCUT2D eigenvalue weighted by atomic mass is 10.0. The third-order valence-corrected chi connectivity index (χ3v) is 3.95. The van der Waals surface area contributed by atoms with E-state index in [0.717, 1.165) is 0 Å². The van der Waals surface area contributed by atoms with E-state index in [0.29, 0.717) is 21.2 Å². The van der Waals surface area contributed by atoms with Crippen LogP contribution < -0.4 is 5.56 Å². The van der Waals surface area contributed by atoms with Crippen molar-refractivity contribution in [2.75, 3.05) is 6.61 Å². The molecule has 2 aromatic rings.